The van der Waals surface area contributed by atoms with E-state index in [1.165, 1.54) is 18.4 Å². The third-order valence-electron chi connectivity index (χ3n) is 2.57. The zero-order valence-electron chi connectivity index (χ0n) is 7.35. The summed E-state index contributed by atoms with van der Waals surface area (Å²) in [5, 5.41) is 0. The Morgan fingerprint density at radius 1 is 1.70 bits per heavy atom. The van der Waals surface area contributed by atoms with Gasteiger partial charge in [0.15, 0.2) is 0 Å². The smallest absolute Gasteiger partial charge is 0.0297 e. The fourth-order valence-corrected chi connectivity index (χ4v) is 1.84. The molecule has 1 fully saturated rings. The van der Waals surface area contributed by atoms with Crippen molar-refractivity contribution in [2.24, 2.45) is 17.8 Å². The van der Waals surface area contributed by atoms with Crippen LogP contribution in [0.1, 0.15) is 33.6 Å². The molecule has 3 unspecified atom stereocenters. The van der Waals surface area contributed by atoms with Gasteiger partial charge in [-0.1, -0.05) is 19.4 Å². The van der Waals surface area contributed by atoms with Crippen LogP contribution < -0.4 is 0 Å². The van der Waals surface area contributed by atoms with Gasteiger partial charge in [0.2, 0.25) is 0 Å². The SMILES string of the molecule is C=C(C)CC(C)C1CC1C. The zero-order valence-corrected chi connectivity index (χ0v) is 7.35. The van der Waals surface area contributed by atoms with Gasteiger partial charge in [0.1, 0.15) is 0 Å². The molecule has 0 saturated heterocycles. The summed E-state index contributed by atoms with van der Waals surface area (Å²) in [6.45, 7) is 10.8. The molecule has 0 aromatic carbocycles. The van der Waals surface area contributed by atoms with E-state index < -0.39 is 0 Å². The quantitative estimate of drug-likeness (QED) is 0.525. The van der Waals surface area contributed by atoms with Crippen molar-refractivity contribution in [2.75, 3.05) is 0 Å². The van der Waals surface area contributed by atoms with E-state index >= 15 is 0 Å². The molecule has 3 atom stereocenters. The summed E-state index contributed by atoms with van der Waals surface area (Å²) in [5.74, 6) is 2.89. The van der Waals surface area contributed by atoms with Crippen LogP contribution in [-0.2, 0) is 0 Å². The first kappa shape index (κ1) is 7.84. The van der Waals surface area contributed by atoms with E-state index in [1.54, 1.807) is 0 Å². The van der Waals surface area contributed by atoms with Gasteiger partial charge < -0.3 is 0 Å². The van der Waals surface area contributed by atoms with Crippen molar-refractivity contribution in [1.82, 2.24) is 0 Å². The topological polar surface area (TPSA) is 0 Å². The van der Waals surface area contributed by atoms with Crippen LogP contribution in [-0.4, -0.2) is 0 Å². The summed E-state index contributed by atoms with van der Waals surface area (Å²) in [7, 11) is 0. The van der Waals surface area contributed by atoms with Crippen molar-refractivity contribution in [2.45, 2.75) is 33.6 Å². The summed E-state index contributed by atoms with van der Waals surface area (Å²) in [4.78, 5) is 0. The lowest BCUT2D eigenvalue weighted by molar-refractivity contribution is 0.480. The van der Waals surface area contributed by atoms with Crippen LogP contribution >= 0.6 is 0 Å². The van der Waals surface area contributed by atoms with E-state index in [1.807, 2.05) is 0 Å². The van der Waals surface area contributed by atoms with E-state index in [0.29, 0.717) is 0 Å². The van der Waals surface area contributed by atoms with Gasteiger partial charge in [-0.15, -0.1) is 6.58 Å². The third-order valence-corrected chi connectivity index (χ3v) is 2.57. The van der Waals surface area contributed by atoms with Crippen LogP contribution in [0.15, 0.2) is 12.2 Å². The highest BCUT2D eigenvalue weighted by atomic mass is 14.4. The number of rotatable bonds is 3. The summed E-state index contributed by atoms with van der Waals surface area (Å²) in [6, 6.07) is 0. The van der Waals surface area contributed by atoms with Gasteiger partial charge in [-0.3, -0.25) is 0 Å². The van der Waals surface area contributed by atoms with E-state index in [0.717, 1.165) is 17.8 Å². The molecule has 0 aromatic rings. The number of hydrogen-bond donors (Lipinski definition) is 0. The average Bonchev–Trinajstić information content (AvgIpc) is 2.44. The summed E-state index contributed by atoms with van der Waals surface area (Å²) < 4.78 is 0. The van der Waals surface area contributed by atoms with E-state index in [-0.39, 0.29) is 0 Å². The fraction of sp³-hybridized carbons (Fsp3) is 0.800. The first-order valence-corrected chi connectivity index (χ1v) is 4.25. The minimum Gasteiger partial charge on any atom is -0.100 e. The predicted molar refractivity (Wildman–Crippen MR) is 45.9 cm³/mol. The molecular weight excluding hydrogens is 120 g/mol. The Bertz CT molecular complexity index is 135. The molecule has 1 saturated carbocycles. The fourth-order valence-electron chi connectivity index (χ4n) is 1.84. The van der Waals surface area contributed by atoms with E-state index in [2.05, 4.69) is 27.4 Å². The molecule has 0 bridgehead atoms. The second kappa shape index (κ2) is 2.77. The molecule has 10 heavy (non-hydrogen) atoms. The highest BCUT2D eigenvalue weighted by Gasteiger charge is 2.36. The molecule has 0 aliphatic heterocycles. The van der Waals surface area contributed by atoms with Crippen molar-refractivity contribution < 1.29 is 0 Å². The first-order chi connectivity index (χ1) is 4.61. The largest absolute Gasteiger partial charge is 0.100 e. The second-order valence-electron chi connectivity index (χ2n) is 4.02. The molecule has 0 N–H and O–H groups in total. The Kier molecular flexibility index (Phi) is 2.18. The van der Waals surface area contributed by atoms with Crippen molar-refractivity contribution in [3.8, 4) is 0 Å². The van der Waals surface area contributed by atoms with Gasteiger partial charge >= 0.3 is 0 Å². The van der Waals surface area contributed by atoms with Crippen molar-refractivity contribution in [3.05, 3.63) is 12.2 Å². The highest BCUT2D eigenvalue weighted by Crippen LogP contribution is 2.45. The van der Waals surface area contributed by atoms with Crippen LogP contribution in [0.25, 0.3) is 0 Å². The molecule has 0 nitrogen and oxygen atoms in total. The Hall–Kier alpha value is -0.260. The Morgan fingerprint density at radius 3 is 2.50 bits per heavy atom. The standard InChI is InChI=1S/C10H18/c1-7(2)5-8(3)10-6-9(10)4/h8-10H,1,5-6H2,2-4H3. The molecule has 1 aliphatic rings. The van der Waals surface area contributed by atoms with E-state index in [4.69, 9.17) is 0 Å². The second-order valence-corrected chi connectivity index (χ2v) is 4.02. The normalized spacial score (nSPS) is 33.5. The van der Waals surface area contributed by atoms with Gasteiger partial charge in [0.05, 0.1) is 0 Å². The minimum absolute atomic E-state index is 0.882. The lowest BCUT2D eigenvalue weighted by Gasteiger charge is -2.08. The predicted octanol–water partition coefficient (Wildman–Crippen LogP) is 3.24. The van der Waals surface area contributed by atoms with Gasteiger partial charge in [0.25, 0.3) is 0 Å². The lowest BCUT2D eigenvalue weighted by atomic mass is 9.97. The van der Waals surface area contributed by atoms with Crippen LogP contribution in [0.5, 0.6) is 0 Å². The van der Waals surface area contributed by atoms with Crippen LogP contribution in [0.3, 0.4) is 0 Å². The average molecular weight is 138 g/mol. The number of allylic oxidation sites excluding steroid dienone is 1. The Labute approximate surface area is 64.3 Å². The van der Waals surface area contributed by atoms with Crippen molar-refractivity contribution in [3.63, 3.8) is 0 Å². The van der Waals surface area contributed by atoms with Crippen LogP contribution in [0, 0.1) is 17.8 Å². The summed E-state index contributed by atoms with van der Waals surface area (Å²) in [6.07, 6.45) is 2.68. The zero-order chi connectivity index (χ0) is 7.72. The molecule has 0 amide bonds. The van der Waals surface area contributed by atoms with Crippen LogP contribution in [0.2, 0.25) is 0 Å². The lowest BCUT2D eigenvalue weighted by Crippen LogP contribution is -1.98. The Balaban J connectivity index is 2.22. The molecular formula is C10H18. The molecule has 1 rings (SSSR count). The van der Waals surface area contributed by atoms with Crippen molar-refractivity contribution in [1.29, 1.82) is 0 Å². The molecule has 58 valence electrons. The minimum atomic E-state index is 0.882. The maximum absolute atomic E-state index is 3.93. The molecule has 1 aliphatic carbocycles. The maximum Gasteiger partial charge on any atom is -0.0297 e. The molecule has 0 spiro atoms. The molecule has 0 radical (unpaired) electrons. The first-order valence-electron chi connectivity index (χ1n) is 4.25. The Morgan fingerprint density at radius 2 is 2.20 bits per heavy atom. The van der Waals surface area contributed by atoms with E-state index in [9.17, 15) is 0 Å². The summed E-state index contributed by atoms with van der Waals surface area (Å²) >= 11 is 0. The summed E-state index contributed by atoms with van der Waals surface area (Å²) in [5.41, 5.74) is 1.34. The van der Waals surface area contributed by atoms with Gasteiger partial charge in [-0.05, 0) is 37.5 Å². The molecule has 0 heteroatoms. The van der Waals surface area contributed by atoms with Crippen LogP contribution in [0.4, 0.5) is 0 Å². The maximum atomic E-state index is 3.93. The molecule has 0 aromatic heterocycles. The van der Waals surface area contributed by atoms with Gasteiger partial charge in [-0.25, -0.2) is 0 Å². The van der Waals surface area contributed by atoms with Crippen molar-refractivity contribution >= 4 is 0 Å². The number of hydrogen-bond acceptors (Lipinski definition) is 0. The van der Waals surface area contributed by atoms with Gasteiger partial charge in [-0.2, -0.15) is 0 Å². The monoisotopic (exact) mass is 138 g/mol. The third kappa shape index (κ3) is 1.86. The molecule has 0 heterocycles. The van der Waals surface area contributed by atoms with Gasteiger partial charge in [0, 0.05) is 0 Å². The highest BCUT2D eigenvalue weighted by molar-refractivity contribution is 4.95.